The Morgan fingerprint density at radius 2 is 2.11 bits per heavy atom. The molecule has 1 saturated heterocycles. The molecule has 1 aromatic carbocycles. The third-order valence-corrected chi connectivity index (χ3v) is 4.01. The third-order valence-electron chi connectivity index (χ3n) is 3.60. The van der Waals surface area contributed by atoms with Crippen molar-refractivity contribution in [3.8, 4) is 5.75 Å². The standard InChI is InChI=1S/C15H21ClO3/c1-10(2)12-5-13(16)11(3)4-14(12)19-9-15(6-17)7-18-8-15/h4-5,10,17H,6-9H2,1-3H3. The number of rotatable bonds is 5. The Morgan fingerprint density at radius 3 is 2.58 bits per heavy atom. The van der Waals surface area contributed by atoms with Crippen molar-refractivity contribution in [2.75, 3.05) is 26.4 Å². The first-order chi connectivity index (χ1) is 8.97. The molecule has 3 nitrogen and oxygen atoms in total. The van der Waals surface area contributed by atoms with E-state index in [1.807, 2.05) is 19.1 Å². The predicted octanol–water partition coefficient (Wildman–Crippen LogP) is 3.16. The highest BCUT2D eigenvalue weighted by Crippen LogP contribution is 2.34. The van der Waals surface area contributed by atoms with Gasteiger partial charge in [0.05, 0.1) is 25.2 Å². The molecule has 0 aliphatic carbocycles. The van der Waals surface area contributed by atoms with Crippen molar-refractivity contribution in [3.63, 3.8) is 0 Å². The van der Waals surface area contributed by atoms with Crippen LogP contribution in [0.4, 0.5) is 0 Å². The van der Waals surface area contributed by atoms with Crippen LogP contribution in [0.5, 0.6) is 5.75 Å². The van der Waals surface area contributed by atoms with Crippen LogP contribution < -0.4 is 4.74 Å². The first kappa shape index (κ1) is 14.6. The van der Waals surface area contributed by atoms with Crippen molar-refractivity contribution in [2.24, 2.45) is 5.41 Å². The number of benzene rings is 1. The quantitative estimate of drug-likeness (QED) is 0.903. The fourth-order valence-corrected chi connectivity index (χ4v) is 2.26. The van der Waals surface area contributed by atoms with E-state index in [2.05, 4.69) is 13.8 Å². The fraction of sp³-hybridized carbons (Fsp3) is 0.600. The molecule has 0 bridgehead atoms. The fourth-order valence-electron chi connectivity index (χ4n) is 2.09. The van der Waals surface area contributed by atoms with Crippen LogP contribution in [0.2, 0.25) is 5.02 Å². The molecular formula is C15H21ClO3. The summed E-state index contributed by atoms with van der Waals surface area (Å²) in [5.41, 5.74) is 1.87. The van der Waals surface area contributed by atoms with Gasteiger partial charge in [-0.1, -0.05) is 25.4 Å². The molecule has 1 aromatic rings. The molecule has 0 atom stereocenters. The third kappa shape index (κ3) is 3.04. The van der Waals surface area contributed by atoms with Crippen LogP contribution in [0.25, 0.3) is 0 Å². The summed E-state index contributed by atoms with van der Waals surface area (Å²) < 4.78 is 11.1. The van der Waals surface area contributed by atoms with E-state index >= 15 is 0 Å². The molecule has 106 valence electrons. The highest BCUT2D eigenvalue weighted by Gasteiger charge is 2.39. The lowest BCUT2D eigenvalue weighted by molar-refractivity contribution is -0.153. The molecule has 1 fully saturated rings. The van der Waals surface area contributed by atoms with E-state index in [4.69, 9.17) is 21.1 Å². The first-order valence-electron chi connectivity index (χ1n) is 6.59. The minimum Gasteiger partial charge on any atom is -0.492 e. The Kier molecular flexibility index (Phi) is 4.39. The summed E-state index contributed by atoms with van der Waals surface area (Å²) in [5, 5.41) is 10.2. The summed E-state index contributed by atoms with van der Waals surface area (Å²) in [5.74, 6) is 1.20. The van der Waals surface area contributed by atoms with Crippen molar-refractivity contribution in [1.29, 1.82) is 0 Å². The second-order valence-electron chi connectivity index (χ2n) is 5.73. The molecule has 19 heavy (non-hydrogen) atoms. The van der Waals surface area contributed by atoms with Crippen LogP contribution in [0.3, 0.4) is 0 Å². The molecule has 2 rings (SSSR count). The largest absolute Gasteiger partial charge is 0.492 e. The highest BCUT2D eigenvalue weighted by molar-refractivity contribution is 6.31. The second-order valence-corrected chi connectivity index (χ2v) is 6.14. The van der Waals surface area contributed by atoms with Crippen LogP contribution in [-0.4, -0.2) is 31.5 Å². The maximum Gasteiger partial charge on any atom is 0.123 e. The summed E-state index contributed by atoms with van der Waals surface area (Å²) in [6.07, 6.45) is 0. The van der Waals surface area contributed by atoms with Gasteiger partial charge in [-0.15, -0.1) is 0 Å². The summed E-state index contributed by atoms with van der Waals surface area (Å²) >= 11 is 6.17. The Bertz CT molecular complexity index is 447. The molecule has 0 amide bonds. The van der Waals surface area contributed by atoms with Gasteiger partial charge in [0.1, 0.15) is 12.4 Å². The number of hydrogen-bond acceptors (Lipinski definition) is 3. The lowest BCUT2D eigenvalue weighted by atomic mass is 9.88. The van der Waals surface area contributed by atoms with Crippen LogP contribution in [0.1, 0.15) is 30.9 Å². The zero-order chi connectivity index (χ0) is 14.0. The average molecular weight is 285 g/mol. The molecule has 1 aliphatic heterocycles. The van der Waals surface area contributed by atoms with E-state index < -0.39 is 0 Å². The average Bonchev–Trinajstić information content (AvgIpc) is 2.32. The summed E-state index contributed by atoms with van der Waals surface area (Å²) in [6.45, 7) is 7.89. The number of halogens is 1. The number of hydrogen-bond donors (Lipinski definition) is 1. The van der Waals surface area contributed by atoms with Crippen LogP contribution in [0.15, 0.2) is 12.1 Å². The zero-order valence-electron chi connectivity index (χ0n) is 11.7. The molecule has 1 N–H and O–H groups in total. The van der Waals surface area contributed by atoms with Gasteiger partial charge in [-0.25, -0.2) is 0 Å². The lowest BCUT2D eigenvalue weighted by Gasteiger charge is -2.39. The minimum absolute atomic E-state index is 0.0938. The normalized spacial score (nSPS) is 17.4. The van der Waals surface area contributed by atoms with E-state index in [0.29, 0.717) is 25.7 Å². The van der Waals surface area contributed by atoms with Gasteiger partial charge < -0.3 is 14.6 Å². The Morgan fingerprint density at radius 1 is 1.42 bits per heavy atom. The van der Waals surface area contributed by atoms with Gasteiger partial charge >= 0.3 is 0 Å². The SMILES string of the molecule is Cc1cc(OCC2(CO)COC2)c(C(C)C)cc1Cl. The summed E-state index contributed by atoms with van der Waals surface area (Å²) in [6, 6.07) is 3.95. The smallest absolute Gasteiger partial charge is 0.123 e. The Balaban J connectivity index is 2.17. The number of aryl methyl sites for hydroxylation is 1. The van der Waals surface area contributed by atoms with Gasteiger partial charge in [0.15, 0.2) is 0 Å². The van der Waals surface area contributed by atoms with Gasteiger partial charge in [0.25, 0.3) is 0 Å². The van der Waals surface area contributed by atoms with E-state index in [9.17, 15) is 5.11 Å². The monoisotopic (exact) mass is 284 g/mol. The van der Waals surface area contributed by atoms with Gasteiger partial charge in [-0.05, 0) is 36.1 Å². The van der Waals surface area contributed by atoms with Crippen molar-refractivity contribution in [3.05, 3.63) is 28.3 Å². The molecular weight excluding hydrogens is 264 g/mol. The van der Waals surface area contributed by atoms with Gasteiger partial charge in [0.2, 0.25) is 0 Å². The molecule has 4 heteroatoms. The molecule has 0 unspecified atom stereocenters. The maximum atomic E-state index is 9.41. The molecule has 0 spiro atoms. The minimum atomic E-state index is -0.234. The van der Waals surface area contributed by atoms with E-state index in [-0.39, 0.29) is 12.0 Å². The second kappa shape index (κ2) is 5.70. The molecule has 0 saturated carbocycles. The lowest BCUT2D eigenvalue weighted by Crippen LogP contribution is -2.50. The summed E-state index contributed by atoms with van der Waals surface area (Å²) in [4.78, 5) is 0. The molecule has 0 aromatic heterocycles. The highest BCUT2D eigenvalue weighted by atomic mass is 35.5. The van der Waals surface area contributed by atoms with Crippen molar-refractivity contribution in [2.45, 2.75) is 26.7 Å². The topological polar surface area (TPSA) is 38.7 Å². The van der Waals surface area contributed by atoms with Crippen LogP contribution in [0, 0.1) is 12.3 Å². The van der Waals surface area contributed by atoms with E-state index in [1.54, 1.807) is 0 Å². The van der Waals surface area contributed by atoms with E-state index in [1.165, 1.54) is 0 Å². The van der Waals surface area contributed by atoms with Gasteiger partial charge in [-0.2, -0.15) is 0 Å². The zero-order valence-corrected chi connectivity index (χ0v) is 12.5. The van der Waals surface area contributed by atoms with Crippen molar-refractivity contribution in [1.82, 2.24) is 0 Å². The summed E-state index contributed by atoms with van der Waals surface area (Å²) in [7, 11) is 0. The van der Waals surface area contributed by atoms with Gasteiger partial charge in [-0.3, -0.25) is 0 Å². The van der Waals surface area contributed by atoms with E-state index in [0.717, 1.165) is 21.9 Å². The van der Waals surface area contributed by atoms with Crippen molar-refractivity contribution < 1.29 is 14.6 Å². The Labute approximate surface area is 119 Å². The first-order valence-corrected chi connectivity index (χ1v) is 6.97. The van der Waals surface area contributed by atoms with Crippen LogP contribution in [-0.2, 0) is 4.74 Å². The van der Waals surface area contributed by atoms with Crippen LogP contribution >= 0.6 is 11.6 Å². The van der Waals surface area contributed by atoms with Crippen molar-refractivity contribution >= 4 is 11.6 Å². The molecule has 1 heterocycles. The number of ether oxygens (including phenoxy) is 2. The number of aliphatic hydroxyl groups excluding tert-OH is 1. The van der Waals surface area contributed by atoms with Gasteiger partial charge in [0, 0.05) is 5.02 Å². The maximum absolute atomic E-state index is 9.41. The molecule has 1 aliphatic rings. The predicted molar refractivity (Wildman–Crippen MR) is 76.1 cm³/mol. The molecule has 0 radical (unpaired) electrons. The number of aliphatic hydroxyl groups is 1. The Hall–Kier alpha value is -0.770.